The van der Waals surface area contributed by atoms with Crippen LogP contribution in [-0.2, 0) is 9.59 Å². The van der Waals surface area contributed by atoms with E-state index in [1.807, 2.05) is 0 Å². The van der Waals surface area contributed by atoms with Gasteiger partial charge in [-0.05, 0) is 12.8 Å². The Bertz CT molecular complexity index is 295. The second-order valence-electron chi connectivity index (χ2n) is 4.86. The van der Waals surface area contributed by atoms with Crippen LogP contribution in [0.3, 0.4) is 0 Å². The first kappa shape index (κ1) is 17.7. The molecular formula is C15H26O4. The molecule has 0 aromatic heterocycles. The van der Waals surface area contributed by atoms with Crippen molar-refractivity contribution in [1.82, 2.24) is 0 Å². The highest BCUT2D eigenvalue weighted by Gasteiger charge is 2.07. The highest BCUT2D eigenvalue weighted by atomic mass is 16.4. The van der Waals surface area contributed by atoms with Gasteiger partial charge in [-0.15, -0.1) is 0 Å². The minimum absolute atomic E-state index is 0.210. The average Bonchev–Trinajstić information content (AvgIpc) is 2.35. The summed E-state index contributed by atoms with van der Waals surface area (Å²) in [4.78, 5) is 21.3. The standard InChI is InChI=1S/C15H26O4/c1-2-3-4-5-6-7-8-9-10-13(15(18)19)11-12-14(16)17/h11H,2-10,12H2,1H3,(H,16,17)(H,18,19)/b13-11+. The summed E-state index contributed by atoms with van der Waals surface area (Å²) in [6.45, 7) is 2.19. The minimum atomic E-state index is -0.996. The number of hydrogen-bond donors (Lipinski definition) is 2. The van der Waals surface area contributed by atoms with Crippen molar-refractivity contribution in [2.24, 2.45) is 0 Å². The second kappa shape index (κ2) is 11.8. The van der Waals surface area contributed by atoms with Crippen LogP contribution < -0.4 is 0 Å². The number of carbonyl (C=O) groups is 2. The predicted octanol–water partition coefficient (Wildman–Crippen LogP) is 4.00. The molecule has 0 unspecified atom stereocenters. The number of carboxylic acid groups (broad SMARTS) is 2. The van der Waals surface area contributed by atoms with Gasteiger partial charge in [0.15, 0.2) is 0 Å². The van der Waals surface area contributed by atoms with Crippen LogP contribution in [-0.4, -0.2) is 22.2 Å². The molecule has 0 fully saturated rings. The lowest BCUT2D eigenvalue weighted by molar-refractivity contribution is -0.136. The van der Waals surface area contributed by atoms with E-state index in [0.717, 1.165) is 19.3 Å². The first-order valence-corrected chi connectivity index (χ1v) is 7.22. The molecule has 0 heterocycles. The van der Waals surface area contributed by atoms with Crippen molar-refractivity contribution < 1.29 is 19.8 Å². The summed E-state index contributed by atoms with van der Waals surface area (Å²) in [6.07, 6.45) is 10.8. The molecule has 0 saturated carbocycles. The van der Waals surface area contributed by atoms with E-state index in [-0.39, 0.29) is 12.0 Å². The lowest BCUT2D eigenvalue weighted by Crippen LogP contribution is -2.02. The van der Waals surface area contributed by atoms with Gasteiger partial charge in [0.05, 0.1) is 6.42 Å². The zero-order valence-corrected chi connectivity index (χ0v) is 11.9. The monoisotopic (exact) mass is 270 g/mol. The van der Waals surface area contributed by atoms with Gasteiger partial charge in [0.2, 0.25) is 0 Å². The molecule has 4 heteroatoms. The average molecular weight is 270 g/mol. The van der Waals surface area contributed by atoms with Crippen molar-refractivity contribution in [1.29, 1.82) is 0 Å². The highest BCUT2D eigenvalue weighted by molar-refractivity contribution is 5.87. The Labute approximate surface area is 115 Å². The Hall–Kier alpha value is -1.32. The van der Waals surface area contributed by atoms with Crippen molar-refractivity contribution >= 4 is 11.9 Å². The summed E-state index contributed by atoms with van der Waals surface area (Å²) in [6, 6.07) is 0. The maximum absolute atomic E-state index is 10.9. The molecule has 2 N–H and O–H groups in total. The van der Waals surface area contributed by atoms with Gasteiger partial charge >= 0.3 is 11.9 Å². The van der Waals surface area contributed by atoms with Crippen LogP contribution in [0.2, 0.25) is 0 Å². The fourth-order valence-electron chi connectivity index (χ4n) is 1.96. The molecule has 0 aromatic carbocycles. The molecule has 0 aliphatic carbocycles. The lowest BCUT2D eigenvalue weighted by Gasteiger charge is -2.03. The molecule has 0 bridgehead atoms. The van der Waals surface area contributed by atoms with E-state index in [1.165, 1.54) is 38.2 Å². The van der Waals surface area contributed by atoms with Crippen molar-refractivity contribution in [2.75, 3.05) is 0 Å². The molecule has 0 radical (unpaired) electrons. The second-order valence-corrected chi connectivity index (χ2v) is 4.86. The third-order valence-corrected chi connectivity index (χ3v) is 3.10. The molecule has 4 nitrogen and oxygen atoms in total. The quantitative estimate of drug-likeness (QED) is 0.415. The Morgan fingerprint density at radius 3 is 1.89 bits per heavy atom. The van der Waals surface area contributed by atoms with E-state index in [9.17, 15) is 9.59 Å². The zero-order valence-electron chi connectivity index (χ0n) is 11.9. The topological polar surface area (TPSA) is 74.6 Å². The molecule has 0 atom stereocenters. The Morgan fingerprint density at radius 2 is 1.42 bits per heavy atom. The van der Waals surface area contributed by atoms with Crippen LogP contribution in [0.5, 0.6) is 0 Å². The third kappa shape index (κ3) is 11.5. The van der Waals surface area contributed by atoms with Crippen molar-refractivity contribution in [3.05, 3.63) is 11.6 Å². The molecule has 110 valence electrons. The number of hydrogen-bond acceptors (Lipinski definition) is 2. The van der Waals surface area contributed by atoms with Gasteiger partial charge in [-0.25, -0.2) is 4.79 Å². The fourth-order valence-corrected chi connectivity index (χ4v) is 1.96. The molecule has 0 aromatic rings. The van der Waals surface area contributed by atoms with Gasteiger partial charge in [0, 0.05) is 5.57 Å². The fraction of sp³-hybridized carbons (Fsp3) is 0.733. The summed E-state index contributed by atoms with van der Waals surface area (Å²) in [5.74, 6) is -1.99. The maximum atomic E-state index is 10.9. The Balaban J connectivity index is 3.68. The van der Waals surface area contributed by atoms with E-state index in [1.54, 1.807) is 0 Å². The number of rotatable bonds is 12. The SMILES string of the molecule is CCCCCCCCCC/C(=C\CC(=O)O)C(=O)O. The van der Waals surface area contributed by atoms with E-state index < -0.39 is 11.9 Å². The molecule has 0 aliphatic rings. The van der Waals surface area contributed by atoms with Gasteiger partial charge in [0.1, 0.15) is 0 Å². The van der Waals surface area contributed by atoms with Crippen LogP contribution in [0.15, 0.2) is 11.6 Å². The molecule has 0 rings (SSSR count). The normalized spacial score (nSPS) is 11.5. The number of aliphatic carboxylic acids is 2. The van der Waals surface area contributed by atoms with E-state index in [0.29, 0.717) is 6.42 Å². The first-order chi connectivity index (χ1) is 9.07. The zero-order chi connectivity index (χ0) is 14.5. The van der Waals surface area contributed by atoms with E-state index in [2.05, 4.69) is 6.92 Å². The number of unbranched alkanes of at least 4 members (excludes halogenated alkanes) is 7. The van der Waals surface area contributed by atoms with Crippen LogP contribution in [0.1, 0.15) is 71.1 Å². The smallest absolute Gasteiger partial charge is 0.331 e. The molecule has 19 heavy (non-hydrogen) atoms. The Kier molecular flexibility index (Phi) is 10.9. The minimum Gasteiger partial charge on any atom is -0.481 e. The van der Waals surface area contributed by atoms with Gasteiger partial charge < -0.3 is 10.2 Å². The highest BCUT2D eigenvalue weighted by Crippen LogP contribution is 2.13. The summed E-state index contributed by atoms with van der Waals surface area (Å²) in [5, 5.41) is 17.4. The largest absolute Gasteiger partial charge is 0.481 e. The van der Waals surface area contributed by atoms with Crippen molar-refractivity contribution in [2.45, 2.75) is 71.1 Å². The molecule has 0 saturated heterocycles. The van der Waals surface area contributed by atoms with Crippen LogP contribution >= 0.6 is 0 Å². The van der Waals surface area contributed by atoms with E-state index >= 15 is 0 Å². The Morgan fingerprint density at radius 1 is 0.895 bits per heavy atom. The van der Waals surface area contributed by atoms with Gasteiger partial charge in [-0.2, -0.15) is 0 Å². The van der Waals surface area contributed by atoms with Gasteiger partial charge in [0.25, 0.3) is 0 Å². The van der Waals surface area contributed by atoms with Gasteiger partial charge in [-0.3, -0.25) is 4.79 Å². The molecule has 0 aliphatic heterocycles. The summed E-state index contributed by atoms with van der Waals surface area (Å²) in [5.41, 5.74) is 0.230. The molecule has 0 spiro atoms. The molecule has 0 amide bonds. The summed E-state index contributed by atoms with van der Waals surface area (Å²) >= 11 is 0. The summed E-state index contributed by atoms with van der Waals surface area (Å²) in [7, 11) is 0. The number of carboxylic acids is 2. The van der Waals surface area contributed by atoms with Gasteiger partial charge in [-0.1, -0.05) is 57.9 Å². The predicted molar refractivity (Wildman–Crippen MR) is 75.2 cm³/mol. The van der Waals surface area contributed by atoms with Crippen LogP contribution in [0, 0.1) is 0 Å². The summed E-state index contributed by atoms with van der Waals surface area (Å²) < 4.78 is 0. The first-order valence-electron chi connectivity index (χ1n) is 7.22. The van der Waals surface area contributed by atoms with Crippen molar-refractivity contribution in [3.8, 4) is 0 Å². The third-order valence-electron chi connectivity index (χ3n) is 3.10. The van der Waals surface area contributed by atoms with Crippen LogP contribution in [0.25, 0.3) is 0 Å². The maximum Gasteiger partial charge on any atom is 0.331 e. The van der Waals surface area contributed by atoms with Crippen LogP contribution in [0.4, 0.5) is 0 Å². The molecular weight excluding hydrogens is 244 g/mol. The van der Waals surface area contributed by atoms with E-state index in [4.69, 9.17) is 10.2 Å². The van der Waals surface area contributed by atoms with Crippen molar-refractivity contribution in [3.63, 3.8) is 0 Å². The lowest BCUT2D eigenvalue weighted by atomic mass is 10.0.